The second-order valence-electron chi connectivity index (χ2n) is 6.13. The van der Waals surface area contributed by atoms with E-state index in [0.717, 1.165) is 17.9 Å². The van der Waals surface area contributed by atoms with Crippen LogP contribution in [0.4, 0.5) is 0 Å². The largest absolute Gasteiger partial charge is 0.314 e. The summed E-state index contributed by atoms with van der Waals surface area (Å²) in [4.78, 5) is 0. The Hall–Kier alpha value is -0.0400. The molecule has 0 radical (unpaired) electrons. The molecule has 1 fully saturated rings. The lowest BCUT2D eigenvalue weighted by Gasteiger charge is -2.13. The maximum atomic E-state index is 3.65. The molecule has 0 spiro atoms. The number of rotatable bonds is 10. The Kier molecular flexibility index (Phi) is 7.11. The molecular formula is C15H31N. The van der Waals surface area contributed by atoms with E-state index in [9.17, 15) is 0 Å². The van der Waals surface area contributed by atoms with Crippen LogP contribution in [-0.2, 0) is 0 Å². The molecule has 0 aromatic heterocycles. The molecule has 1 atom stereocenters. The first-order valence-electron chi connectivity index (χ1n) is 7.42. The van der Waals surface area contributed by atoms with Crippen LogP contribution in [0, 0.1) is 11.8 Å². The zero-order valence-electron chi connectivity index (χ0n) is 11.6. The summed E-state index contributed by atoms with van der Waals surface area (Å²) in [6, 6.07) is 0.753. The Morgan fingerprint density at radius 2 is 1.69 bits per heavy atom. The molecule has 0 heterocycles. The van der Waals surface area contributed by atoms with E-state index in [1.807, 2.05) is 0 Å². The second kappa shape index (κ2) is 8.11. The normalized spacial score (nSPS) is 18.0. The highest BCUT2D eigenvalue weighted by Crippen LogP contribution is 2.33. The minimum absolute atomic E-state index is 0.753. The van der Waals surface area contributed by atoms with Crippen molar-refractivity contribution in [3.8, 4) is 0 Å². The number of hydrogen-bond donors (Lipinski definition) is 1. The number of unbranched alkanes of at least 4 members (excludes halogenated alkanes) is 3. The average Bonchev–Trinajstić information content (AvgIpc) is 2.99. The van der Waals surface area contributed by atoms with Gasteiger partial charge in [0, 0.05) is 6.04 Å². The Labute approximate surface area is 102 Å². The van der Waals surface area contributed by atoms with Gasteiger partial charge < -0.3 is 5.32 Å². The summed E-state index contributed by atoms with van der Waals surface area (Å²) in [7, 11) is 0. The molecule has 96 valence electrons. The quantitative estimate of drug-likeness (QED) is 0.544. The molecule has 0 amide bonds. The molecule has 1 rings (SSSR count). The van der Waals surface area contributed by atoms with E-state index in [1.165, 1.54) is 57.9 Å². The summed E-state index contributed by atoms with van der Waals surface area (Å²) in [5.41, 5.74) is 0. The SMILES string of the molecule is CC(C)CCCCCCNC(C)CC1CC1. The van der Waals surface area contributed by atoms with Gasteiger partial charge in [-0.15, -0.1) is 0 Å². The molecular weight excluding hydrogens is 194 g/mol. The Morgan fingerprint density at radius 1 is 1.00 bits per heavy atom. The highest BCUT2D eigenvalue weighted by atomic mass is 14.9. The molecule has 0 saturated heterocycles. The number of hydrogen-bond acceptors (Lipinski definition) is 1. The van der Waals surface area contributed by atoms with Crippen LogP contribution in [0.1, 0.15) is 72.1 Å². The van der Waals surface area contributed by atoms with Gasteiger partial charge in [0.25, 0.3) is 0 Å². The van der Waals surface area contributed by atoms with Crippen molar-refractivity contribution in [1.29, 1.82) is 0 Å². The van der Waals surface area contributed by atoms with Gasteiger partial charge in [-0.2, -0.15) is 0 Å². The van der Waals surface area contributed by atoms with E-state index in [1.54, 1.807) is 0 Å². The lowest BCUT2D eigenvalue weighted by molar-refractivity contribution is 0.465. The fourth-order valence-electron chi connectivity index (χ4n) is 2.32. The number of nitrogens with one attached hydrogen (secondary N) is 1. The minimum atomic E-state index is 0.753. The van der Waals surface area contributed by atoms with Crippen LogP contribution in [0.5, 0.6) is 0 Å². The molecule has 0 bridgehead atoms. The van der Waals surface area contributed by atoms with Crippen LogP contribution in [0.2, 0.25) is 0 Å². The van der Waals surface area contributed by atoms with Crippen molar-refractivity contribution < 1.29 is 0 Å². The van der Waals surface area contributed by atoms with Gasteiger partial charge in [-0.25, -0.2) is 0 Å². The van der Waals surface area contributed by atoms with E-state index in [4.69, 9.17) is 0 Å². The van der Waals surface area contributed by atoms with Gasteiger partial charge in [-0.1, -0.05) is 52.4 Å². The van der Waals surface area contributed by atoms with Crippen molar-refractivity contribution in [2.75, 3.05) is 6.54 Å². The van der Waals surface area contributed by atoms with E-state index >= 15 is 0 Å². The molecule has 1 N–H and O–H groups in total. The lowest BCUT2D eigenvalue weighted by Crippen LogP contribution is -2.27. The van der Waals surface area contributed by atoms with Gasteiger partial charge in [0.1, 0.15) is 0 Å². The molecule has 0 aliphatic heterocycles. The first-order chi connectivity index (χ1) is 7.68. The smallest absolute Gasteiger partial charge is 0.00413 e. The zero-order valence-corrected chi connectivity index (χ0v) is 11.6. The zero-order chi connectivity index (χ0) is 11.8. The lowest BCUT2D eigenvalue weighted by atomic mass is 10.0. The third kappa shape index (κ3) is 8.15. The molecule has 1 nitrogen and oxygen atoms in total. The van der Waals surface area contributed by atoms with Gasteiger partial charge in [0.05, 0.1) is 0 Å². The summed E-state index contributed by atoms with van der Waals surface area (Å²) < 4.78 is 0. The van der Waals surface area contributed by atoms with Crippen molar-refractivity contribution in [2.45, 2.75) is 78.2 Å². The van der Waals surface area contributed by atoms with E-state index in [2.05, 4.69) is 26.1 Å². The predicted molar refractivity (Wildman–Crippen MR) is 72.7 cm³/mol. The molecule has 0 aromatic rings. The van der Waals surface area contributed by atoms with Gasteiger partial charge in [-0.3, -0.25) is 0 Å². The van der Waals surface area contributed by atoms with Crippen LogP contribution >= 0.6 is 0 Å². The summed E-state index contributed by atoms with van der Waals surface area (Å²) in [6.07, 6.45) is 11.4. The molecule has 16 heavy (non-hydrogen) atoms. The first-order valence-corrected chi connectivity index (χ1v) is 7.42. The predicted octanol–water partition coefficient (Wildman–Crippen LogP) is 4.37. The fourth-order valence-corrected chi connectivity index (χ4v) is 2.32. The topological polar surface area (TPSA) is 12.0 Å². The van der Waals surface area contributed by atoms with Crippen LogP contribution < -0.4 is 5.32 Å². The van der Waals surface area contributed by atoms with Gasteiger partial charge in [0.2, 0.25) is 0 Å². The summed E-state index contributed by atoms with van der Waals surface area (Å²) in [5, 5.41) is 3.65. The van der Waals surface area contributed by atoms with E-state index < -0.39 is 0 Å². The van der Waals surface area contributed by atoms with Crippen LogP contribution in [-0.4, -0.2) is 12.6 Å². The van der Waals surface area contributed by atoms with Crippen molar-refractivity contribution in [2.24, 2.45) is 11.8 Å². The third-order valence-electron chi connectivity index (χ3n) is 3.58. The van der Waals surface area contributed by atoms with Crippen molar-refractivity contribution >= 4 is 0 Å². The standard InChI is InChI=1S/C15H31N/c1-13(2)8-6-4-5-7-11-16-14(3)12-15-9-10-15/h13-16H,4-12H2,1-3H3. The van der Waals surface area contributed by atoms with E-state index in [-0.39, 0.29) is 0 Å². The molecule has 1 aliphatic rings. The minimum Gasteiger partial charge on any atom is -0.314 e. The van der Waals surface area contributed by atoms with Crippen LogP contribution in [0.3, 0.4) is 0 Å². The average molecular weight is 225 g/mol. The van der Waals surface area contributed by atoms with Gasteiger partial charge in [0.15, 0.2) is 0 Å². The first kappa shape index (κ1) is 14.0. The molecule has 0 aromatic carbocycles. The monoisotopic (exact) mass is 225 g/mol. The second-order valence-corrected chi connectivity index (χ2v) is 6.13. The summed E-state index contributed by atoms with van der Waals surface area (Å²) in [6.45, 7) is 8.22. The summed E-state index contributed by atoms with van der Waals surface area (Å²) in [5.74, 6) is 1.95. The fraction of sp³-hybridized carbons (Fsp3) is 1.00. The van der Waals surface area contributed by atoms with Crippen molar-refractivity contribution in [3.63, 3.8) is 0 Å². The van der Waals surface area contributed by atoms with Gasteiger partial charge in [-0.05, 0) is 38.1 Å². The van der Waals surface area contributed by atoms with Crippen LogP contribution in [0.25, 0.3) is 0 Å². The Bertz CT molecular complexity index is 161. The maximum Gasteiger partial charge on any atom is 0.00413 e. The third-order valence-corrected chi connectivity index (χ3v) is 3.58. The molecule has 1 unspecified atom stereocenters. The van der Waals surface area contributed by atoms with Crippen LogP contribution in [0.15, 0.2) is 0 Å². The molecule has 1 aliphatic carbocycles. The highest BCUT2D eigenvalue weighted by Gasteiger charge is 2.22. The van der Waals surface area contributed by atoms with Gasteiger partial charge >= 0.3 is 0 Å². The molecule has 1 heteroatoms. The van der Waals surface area contributed by atoms with E-state index in [0.29, 0.717) is 0 Å². The Balaban J connectivity index is 1.76. The highest BCUT2D eigenvalue weighted by molar-refractivity contribution is 4.77. The maximum absolute atomic E-state index is 3.65. The molecule has 1 saturated carbocycles. The van der Waals surface area contributed by atoms with Crippen molar-refractivity contribution in [1.82, 2.24) is 5.32 Å². The van der Waals surface area contributed by atoms with Crippen molar-refractivity contribution in [3.05, 3.63) is 0 Å². The Morgan fingerprint density at radius 3 is 2.31 bits per heavy atom. The summed E-state index contributed by atoms with van der Waals surface area (Å²) >= 11 is 0.